The lowest BCUT2D eigenvalue weighted by Gasteiger charge is -2.32. The van der Waals surface area contributed by atoms with E-state index in [9.17, 15) is 9.59 Å². The van der Waals surface area contributed by atoms with Crippen LogP contribution in [0.15, 0.2) is 24.3 Å². The van der Waals surface area contributed by atoms with Crippen LogP contribution >= 0.6 is 0 Å². The van der Waals surface area contributed by atoms with Gasteiger partial charge in [0, 0.05) is 50.5 Å². The average Bonchev–Trinajstić information content (AvgIpc) is 3.09. The summed E-state index contributed by atoms with van der Waals surface area (Å²) in [4.78, 5) is 29.0. The molecule has 0 bridgehead atoms. The van der Waals surface area contributed by atoms with Crippen LogP contribution in [0.3, 0.4) is 0 Å². The third kappa shape index (κ3) is 3.01. The Balaban J connectivity index is 1.63. The lowest BCUT2D eigenvalue weighted by atomic mass is 10.1. The highest BCUT2D eigenvalue weighted by atomic mass is 16.2. The van der Waals surface area contributed by atoms with Crippen LogP contribution in [0.4, 0.5) is 5.69 Å². The van der Waals surface area contributed by atoms with Crippen LogP contribution in [0.1, 0.15) is 23.2 Å². The van der Waals surface area contributed by atoms with Crippen LogP contribution in [0.5, 0.6) is 0 Å². The van der Waals surface area contributed by atoms with Crippen molar-refractivity contribution < 1.29 is 9.59 Å². The van der Waals surface area contributed by atoms with Gasteiger partial charge >= 0.3 is 0 Å². The molecule has 2 heterocycles. The van der Waals surface area contributed by atoms with Gasteiger partial charge in [-0.05, 0) is 37.1 Å². The van der Waals surface area contributed by atoms with Gasteiger partial charge < -0.3 is 14.7 Å². The highest BCUT2D eigenvalue weighted by Gasteiger charge is 2.21. The molecule has 0 N–H and O–H groups in total. The largest absolute Gasteiger partial charge is 0.372 e. The van der Waals surface area contributed by atoms with E-state index in [0.717, 1.165) is 25.1 Å². The van der Waals surface area contributed by atoms with E-state index in [1.54, 1.807) is 4.90 Å². The molecule has 21 heavy (non-hydrogen) atoms. The Kier molecular flexibility index (Phi) is 4.08. The second-order valence-corrected chi connectivity index (χ2v) is 5.67. The van der Waals surface area contributed by atoms with Gasteiger partial charge in [-0.25, -0.2) is 0 Å². The Morgan fingerprint density at radius 2 is 1.52 bits per heavy atom. The monoisotopic (exact) mass is 287 g/mol. The molecule has 2 saturated heterocycles. The van der Waals surface area contributed by atoms with Crippen LogP contribution < -0.4 is 4.90 Å². The fourth-order valence-corrected chi connectivity index (χ4v) is 3.00. The van der Waals surface area contributed by atoms with E-state index in [0.29, 0.717) is 26.2 Å². The maximum Gasteiger partial charge on any atom is 0.253 e. The zero-order valence-electron chi connectivity index (χ0n) is 12.2. The minimum Gasteiger partial charge on any atom is -0.372 e. The molecule has 1 aromatic carbocycles. The lowest BCUT2D eigenvalue weighted by Crippen LogP contribution is -2.48. The van der Waals surface area contributed by atoms with Crippen molar-refractivity contribution in [2.75, 3.05) is 44.2 Å². The number of carbonyl (C=O) groups is 2. The number of nitrogens with zero attached hydrogens (tertiary/aromatic N) is 3. The van der Waals surface area contributed by atoms with Crippen molar-refractivity contribution in [3.05, 3.63) is 29.8 Å². The number of hydrogen-bond donors (Lipinski definition) is 0. The summed E-state index contributed by atoms with van der Waals surface area (Å²) in [6.45, 7) is 4.71. The van der Waals surface area contributed by atoms with E-state index < -0.39 is 0 Å². The SMILES string of the molecule is O=CN1CCN(C(=O)c2ccc(N3CCCC3)cc2)CC1. The number of amides is 2. The first kappa shape index (κ1) is 13.9. The molecule has 0 atom stereocenters. The third-order valence-electron chi connectivity index (χ3n) is 4.34. The van der Waals surface area contributed by atoms with Crippen LogP contribution in [0.25, 0.3) is 0 Å². The number of hydrogen-bond acceptors (Lipinski definition) is 3. The van der Waals surface area contributed by atoms with Gasteiger partial charge in [0.05, 0.1) is 0 Å². The minimum absolute atomic E-state index is 0.0634. The van der Waals surface area contributed by atoms with Crippen molar-refractivity contribution in [3.63, 3.8) is 0 Å². The summed E-state index contributed by atoms with van der Waals surface area (Å²) in [7, 11) is 0. The molecule has 1 aromatic rings. The molecule has 0 unspecified atom stereocenters. The van der Waals surface area contributed by atoms with E-state index in [1.165, 1.54) is 18.5 Å². The normalized spacial score (nSPS) is 19.0. The maximum atomic E-state index is 12.4. The first-order valence-electron chi connectivity index (χ1n) is 7.61. The minimum atomic E-state index is 0.0634. The zero-order chi connectivity index (χ0) is 14.7. The molecule has 2 aliphatic rings. The van der Waals surface area contributed by atoms with Gasteiger partial charge in [-0.3, -0.25) is 9.59 Å². The number of benzene rings is 1. The molecule has 0 spiro atoms. The topological polar surface area (TPSA) is 43.9 Å². The second kappa shape index (κ2) is 6.16. The van der Waals surface area contributed by atoms with Crippen molar-refractivity contribution in [1.82, 2.24) is 9.80 Å². The van der Waals surface area contributed by atoms with Crippen LogP contribution in [0.2, 0.25) is 0 Å². The molecule has 0 saturated carbocycles. The fraction of sp³-hybridized carbons (Fsp3) is 0.500. The molecule has 112 valence electrons. The van der Waals surface area contributed by atoms with E-state index in [1.807, 2.05) is 29.2 Å². The Hall–Kier alpha value is -2.04. The highest BCUT2D eigenvalue weighted by Crippen LogP contribution is 2.21. The molecular weight excluding hydrogens is 266 g/mol. The maximum absolute atomic E-state index is 12.4. The lowest BCUT2D eigenvalue weighted by molar-refractivity contribution is -0.119. The predicted octanol–water partition coefficient (Wildman–Crippen LogP) is 1.20. The summed E-state index contributed by atoms with van der Waals surface area (Å²) >= 11 is 0. The average molecular weight is 287 g/mol. The van der Waals surface area contributed by atoms with Gasteiger partial charge in [-0.2, -0.15) is 0 Å². The van der Waals surface area contributed by atoms with Crippen molar-refractivity contribution in [2.45, 2.75) is 12.8 Å². The molecular formula is C16H21N3O2. The van der Waals surface area contributed by atoms with Crippen molar-refractivity contribution in [2.24, 2.45) is 0 Å². The molecule has 3 rings (SSSR count). The van der Waals surface area contributed by atoms with Crippen LogP contribution in [0, 0.1) is 0 Å². The number of anilines is 1. The van der Waals surface area contributed by atoms with Gasteiger partial charge in [0.25, 0.3) is 5.91 Å². The Morgan fingerprint density at radius 1 is 0.905 bits per heavy atom. The summed E-state index contributed by atoms with van der Waals surface area (Å²) in [5, 5.41) is 0. The Labute approximate surface area is 125 Å². The molecule has 2 amide bonds. The van der Waals surface area contributed by atoms with E-state index in [-0.39, 0.29) is 5.91 Å². The van der Waals surface area contributed by atoms with Gasteiger partial charge in [0.15, 0.2) is 0 Å². The van der Waals surface area contributed by atoms with Gasteiger partial charge in [0.1, 0.15) is 0 Å². The molecule has 2 aliphatic heterocycles. The first-order chi connectivity index (χ1) is 10.3. The molecule has 0 aliphatic carbocycles. The van der Waals surface area contributed by atoms with Crippen molar-refractivity contribution in [1.29, 1.82) is 0 Å². The van der Waals surface area contributed by atoms with Crippen molar-refractivity contribution >= 4 is 18.0 Å². The highest BCUT2D eigenvalue weighted by molar-refractivity contribution is 5.94. The Bertz CT molecular complexity index is 501. The number of rotatable bonds is 3. The van der Waals surface area contributed by atoms with Gasteiger partial charge in [-0.15, -0.1) is 0 Å². The van der Waals surface area contributed by atoms with Crippen molar-refractivity contribution in [3.8, 4) is 0 Å². The summed E-state index contributed by atoms with van der Waals surface area (Å²) in [6, 6.07) is 7.92. The fourth-order valence-electron chi connectivity index (χ4n) is 3.00. The summed E-state index contributed by atoms with van der Waals surface area (Å²) in [5.74, 6) is 0.0634. The summed E-state index contributed by atoms with van der Waals surface area (Å²) in [6.07, 6.45) is 3.36. The molecule has 0 aromatic heterocycles. The van der Waals surface area contributed by atoms with E-state index in [4.69, 9.17) is 0 Å². The second-order valence-electron chi connectivity index (χ2n) is 5.67. The zero-order valence-corrected chi connectivity index (χ0v) is 12.2. The number of piperazine rings is 1. The van der Waals surface area contributed by atoms with E-state index >= 15 is 0 Å². The molecule has 5 nitrogen and oxygen atoms in total. The first-order valence-corrected chi connectivity index (χ1v) is 7.61. The van der Waals surface area contributed by atoms with Crippen LogP contribution in [-0.4, -0.2) is 61.4 Å². The summed E-state index contributed by atoms with van der Waals surface area (Å²) in [5.41, 5.74) is 1.94. The smallest absolute Gasteiger partial charge is 0.253 e. The number of carbonyl (C=O) groups excluding carboxylic acids is 2. The van der Waals surface area contributed by atoms with E-state index in [2.05, 4.69) is 4.90 Å². The standard InChI is InChI=1S/C16H21N3O2/c20-13-17-9-11-19(12-10-17)16(21)14-3-5-15(6-4-14)18-7-1-2-8-18/h3-6,13H,1-2,7-12H2. The molecule has 0 radical (unpaired) electrons. The molecule has 2 fully saturated rings. The molecule has 5 heteroatoms. The predicted molar refractivity (Wildman–Crippen MR) is 81.4 cm³/mol. The summed E-state index contributed by atoms with van der Waals surface area (Å²) < 4.78 is 0. The van der Waals surface area contributed by atoms with Gasteiger partial charge in [-0.1, -0.05) is 0 Å². The van der Waals surface area contributed by atoms with Crippen LogP contribution in [-0.2, 0) is 4.79 Å². The quantitative estimate of drug-likeness (QED) is 0.785. The Morgan fingerprint density at radius 3 is 2.10 bits per heavy atom. The van der Waals surface area contributed by atoms with Gasteiger partial charge in [0.2, 0.25) is 6.41 Å². The third-order valence-corrected chi connectivity index (χ3v) is 4.34.